The summed E-state index contributed by atoms with van der Waals surface area (Å²) in [4.78, 5) is 32.9. The van der Waals surface area contributed by atoms with Gasteiger partial charge >= 0.3 is 12.2 Å². The topological polar surface area (TPSA) is 85.4 Å². The van der Waals surface area contributed by atoms with E-state index in [2.05, 4.69) is 4.90 Å². The number of ether oxygens (including phenoxy) is 3. The van der Waals surface area contributed by atoms with Crippen molar-refractivity contribution in [2.24, 2.45) is 0 Å². The van der Waals surface area contributed by atoms with Gasteiger partial charge in [0.2, 0.25) is 0 Å². The molecule has 0 bridgehead atoms. The number of anilines is 1. The van der Waals surface area contributed by atoms with Crippen LogP contribution >= 0.6 is 0 Å². The van der Waals surface area contributed by atoms with E-state index < -0.39 is 5.60 Å². The maximum atomic E-state index is 13.6. The van der Waals surface area contributed by atoms with Crippen LogP contribution in [-0.4, -0.2) is 55.6 Å². The summed E-state index contributed by atoms with van der Waals surface area (Å²) in [5.74, 6) is 1.13. The molecule has 1 amide bonds. The first kappa shape index (κ1) is 27.8. The van der Waals surface area contributed by atoms with Crippen molar-refractivity contribution in [3.8, 4) is 22.6 Å². The quantitative estimate of drug-likeness (QED) is 0.387. The Morgan fingerprint density at radius 1 is 0.949 bits per heavy atom. The van der Waals surface area contributed by atoms with E-state index in [9.17, 15) is 9.18 Å². The summed E-state index contributed by atoms with van der Waals surface area (Å²) in [6.07, 6.45) is 0.746. The summed E-state index contributed by atoms with van der Waals surface area (Å²) in [6, 6.07) is 20.1. The summed E-state index contributed by atoms with van der Waals surface area (Å²) in [7, 11) is 0. The molecule has 0 aliphatic carbocycles. The number of nitrogens with zero attached hydrogens (tertiary/aromatic N) is 2. The van der Waals surface area contributed by atoms with Gasteiger partial charge in [0.15, 0.2) is 0 Å². The molecule has 5 rings (SSSR count). The number of carbonyl (C=O) groups is 1. The minimum atomic E-state index is -0.507. The molecule has 0 N–H and O–H groups in total. The highest BCUT2D eigenvalue weighted by atomic mass is 19.1. The van der Waals surface area contributed by atoms with E-state index >= 15 is 0 Å². The van der Waals surface area contributed by atoms with Crippen molar-refractivity contribution in [3.63, 3.8) is 0 Å². The molecule has 204 valence electrons. The van der Waals surface area contributed by atoms with Crippen LogP contribution in [0.3, 0.4) is 0 Å². The Morgan fingerprint density at radius 2 is 1.56 bits per heavy atom. The van der Waals surface area contributed by atoms with Crippen LogP contribution in [0.2, 0.25) is 0 Å². The molecule has 3 aromatic carbocycles. The van der Waals surface area contributed by atoms with Crippen molar-refractivity contribution in [1.29, 1.82) is 0 Å². The lowest BCUT2D eigenvalue weighted by Crippen LogP contribution is -2.37. The molecule has 2 aliphatic heterocycles. The van der Waals surface area contributed by atoms with Crippen LogP contribution in [0.5, 0.6) is 11.5 Å². The van der Waals surface area contributed by atoms with Crippen molar-refractivity contribution in [2.75, 3.05) is 37.7 Å². The lowest BCUT2D eigenvalue weighted by molar-refractivity contribution is -0.191. The van der Waals surface area contributed by atoms with Gasteiger partial charge in [-0.15, -0.1) is 0 Å². The summed E-state index contributed by atoms with van der Waals surface area (Å²) in [6.45, 7) is 7.60. The Bertz CT molecular complexity index is 1280. The Kier molecular flexibility index (Phi) is 8.96. The lowest BCUT2D eigenvalue weighted by Gasteiger charge is -2.23. The van der Waals surface area contributed by atoms with Crippen LogP contribution in [0.1, 0.15) is 25.8 Å². The standard InChI is InChI=1S/C29H31FN2O4.CO2/c1-3-34-25-16-21(17-26(35-4-2)27(25)22-10-12-23(30)13-11-22)18-31-15-14-29(19-31)20-32(28(33)36-29)24-8-6-5-7-9-24;2-1-3/h5-13,16-17H,3-4,14-15,18-20H2,1-2H3;. The van der Waals surface area contributed by atoms with Gasteiger partial charge in [-0.25, -0.2) is 9.18 Å². The van der Waals surface area contributed by atoms with E-state index in [0.717, 1.165) is 35.3 Å². The number of likely N-dealkylation sites (tertiary alicyclic amines) is 1. The summed E-state index contributed by atoms with van der Waals surface area (Å²) < 4.78 is 31.5. The summed E-state index contributed by atoms with van der Waals surface area (Å²) >= 11 is 0. The number of halogens is 1. The van der Waals surface area contributed by atoms with Crippen molar-refractivity contribution < 1.29 is 33.0 Å². The van der Waals surface area contributed by atoms with Gasteiger partial charge in [0, 0.05) is 31.7 Å². The fraction of sp³-hybridized carbons (Fsp3) is 0.333. The molecule has 1 atom stereocenters. The molecule has 2 saturated heterocycles. The Morgan fingerprint density at radius 3 is 2.15 bits per heavy atom. The van der Waals surface area contributed by atoms with Crippen LogP contribution in [0.15, 0.2) is 66.7 Å². The minimum absolute atomic E-state index is 0.250. The van der Waals surface area contributed by atoms with Crippen LogP contribution in [0.25, 0.3) is 11.1 Å². The maximum absolute atomic E-state index is 13.6. The SMILES string of the molecule is CCOc1cc(CN2CCC3(C2)CN(c2ccccc2)C(=O)O3)cc(OCC)c1-c1ccc(F)cc1.O=C=O. The highest BCUT2D eigenvalue weighted by Crippen LogP contribution is 2.41. The van der Waals surface area contributed by atoms with Crippen molar-refractivity contribution >= 4 is 17.9 Å². The first-order valence-corrected chi connectivity index (χ1v) is 12.9. The van der Waals surface area contributed by atoms with Crippen LogP contribution < -0.4 is 14.4 Å². The second-order valence-electron chi connectivity index (χ2n) is 9.36. The molecule has 3 aromatic rings. The predicted molar refractivity (Wildman–Crippen MR) is 142 cm³/mol. The van der Waals surface area contributed by atoms with Crippen molar-refractivity contribution in [2.45, 2.75) is 32.4 Å². The van der Waals surface area contributed by atoms with E-state index in [1.54, 1.807) is 17.0 Å². The number of hydrogen-bond acceptors (Lipinski definition) is 7. The smallest absolute Gasteiger partial charge is 0.415 e. The van der Waals surface area contributed by atoms with Gasteiger partial charge in [-0.2, -0.15) is 9.59 Å². The number of hydrogen-bond donors (Lipinski definition) is 0. The molecule has 0 saturated carbocycles. The van der Waals surface area contributed by atoms with Crippen molar-refractivity contribution in [3.05, 3.63) is 78.1 Å². The van der Waals surface area contributed by atoms with Gasteiger partial charge in [0.05, 0.1) is 25.3 Å². The average Bonchev–Trinajstić information content (AvgIpc) is 3.47. The number of rotatable bonds is 8. The third kappa shape index (κ3) is 6.45. The molecule has 2 heterocycles. The zero-order valence-corrected chi connectivity index (χ0v) is 22.0. The second-order valence-corrected chi connectivity index (χ2v) is 9.36. The molecule has 9 heteroatoms. The zero-order chi connectivity index (χ0) is 27.8. The first-order chi connectivity index (χ1) is 18.9. The Hall–Kier alpha value is -4.20. The molecule has 0 aromatic heterocycles. The highest BCUT2D eigenvalue weighted by Gasteiger charge is 2.49. The third-order valence-electron chi connectivity index (χ3n) is 6.70. The van der Waals surface area contributed by atoms with Gasteiger partial charge in [0.25, 0.3) is 0 Å². The fourth-order valence-corrected chi connectivity index (χ4v) is 5.14. The van der Waals surface area contributed by atoms with Gasteiger partial charge in [0.1, 0.15) is 22.9 Å². The number of amides is 1. The average molecular weight is 535 g/mol. The first-order valence-electron chi connectivity index (χ1n) is 12.9. The van der Waals surface area contributed by atoms with E-state index in [0.29, 0.717) is 44.3 Å². The number of benzene rings is 3. The minimum Gasteiger partial charge on any atom is -0.493 e. The summed E-state index contributed by atoms with van der Waals surface area (Å²) in [5, 5.41) is 0. The predicted octanol–water partition coefficient (Wildman–Crippen LogP) is 5.31. The fourth-order valence-electron chi connectivity index (χ4n) is 5.14. The van der Waals surface area contributed by atoms with E-state index in [1.165, 1.54) is 12.1 Å². The third-order valence-corrected chi connectivity index (χ3v) is 6.70. The second kappa shape index (κ2) is 12.6. The Labute approximate surface area is 226 Å². The molecule has 39 heavy (non-hydrogen) atoms. The van der Waals surface area contributed by atoms with Crippen molar-refractivity contribution in [1.82, 2.24) is 4.90 Å². The molecular weight excluding hydrogens is 503 g/mol. The van der Waals surface area contributed by atoms with Gasteiger partial charge in [-0.1, -0.05) is 30.3 Å². The van der Waals surface area contributed by atoms with Crippen LogP contribution in [0, 0.1) is 5.82 Å². The zero-order valence-electron chi connectivity index (χ0n) is 22.0. The molecule has 8 nitrogen and oxygen atoms in total. The molecule has 2 aliphatic rings. The number of para-hydroxylation sites is 1. The molecular formula is C30H31FN2O6. The summed E-state index contributed by atoms with van der Waals surface area (Å²) in [5.41, 5.74) is 3.07. The molecule has 1 unspecified atom stereocenters. The largest absolute Gasteiger partial charge is 0.493 e. The van der Waals surface area contributed by atoms with E-state index in [1.807, 2.05) is 56.3 Å². The molecule has 1 spiro atoms. The van der Waals surface area contributed by atoms with Gasteiger partial charge in [-0.3, -0.25) is 9.80 Å². The maximum Gasteiger partial charge on any atom is 0.415 e. The molecule has 2 fully saturated rings. The highest BCUT2D eigenvalue weighted by molar-refractivity contribution is 5.90. The normalized spacial score (nSPS) is 18.3. The van der Waals surface area contributed by atoms with E-state index in [-0.39, 0.29) is 18.1 Å². The van der Waals surface area contributed by atoms with Gasteiger partial charge in [-0.05, 0) is 61.4 Å². The molecule has 0 radical (unpaired) electrons. The Balaban J connectivity index is 0.00000112. The van der Waals surface area contributed by atoms with E-state index in [4.69, 9.17) is 23.8 Å². The van der Waals surface area contributed by atoms with Gasteiger partial charge < -0.3 is 14.2 Å². The van der Waals surface area contributed by atoms with Crippen LogP contribution in [-0.2, 0) is 20.9 Å². The lowest BCUT2D eigenvalue weighted by atomic mass is 10.0. The number of carbonyl (C=O) groups excluding carboxylic acids is 3. The monoisotopic (exact) mass is 534 g/mol. The van der Waals surface area contributed by atoms with Crippen LogP contribution in [0.4, 0.5) is 14.9 Å².